The number of nitrogens with zero attached hydrogens (tertiary/aromatic N) is 2. The van der Waals surface area contributed by atoms with E-state index in [-0.39, 0.29) is 25.7 Å². The van der Waals surface area contributed by atoms with Crippen molar-refractivity contribution >= 4 is 12.0 Å². The second kappa shape index (κ2) is 4.29. The van der Waals surface area contributed by atoms with Crippen LogP contribution in [0.4, 0.5) is 9.18 Å². The molecule has 0 aromatic heterocycles. The van der Waals surface area contributed by atoms with E-state index in [2.05, 4.69) is 6.58 Å². The molecule has 6 heteroatoms. The molecule has 1 aliphatic rings. The minimum absolute atomic E-state index is 0.202. The first kappa shape index (κ1) is 11.5. The second-order valence-electron chi connectivity index (χ2n) is 3.48. The Bertz CT molecular complexity index is 306. The van der Waals surface area contributed by atoms with Gasteiger partial charge < -0.3 is 14.9 Å². The van der Waals surface area contributed by atoms with Crippen molar-refractivity contribution < 1.29 is 19.1 Å². The van der Waals surface area contributed by atoms with Crippen LogP contribution in [-0.4, -0.2) is 52.6 Å². The highest BCUT2D eigenvalue weighted by molar-refractivity contribution is 5.90. The Hall–Kier alpha value is -1.59. The van der Waals surface area contributed by atoms with Gasteiger partial charge in [0, 0.05) is 25.7 Å². The van der Waals surface area contributed by atoms with E-state index in [0.717, 1.165) is 0 Å². The number of hydrogen-bond donors (Lipinski definition) is 1. The molecular formula is C9H13FN2O3. The third-order valence-corrected chi connectivity index (χ3v) is 2.39. The van der Waals surface area contributed by atoms with Crippen LogP contribution in [0.3, 0.4) is 0 Å². The zero-order chi connectivity index (χ0) is 11.6. The number of carbonyl (C=O) groups is 2. The Labute approximate surface area is 86.8 Å². The first-order valence-corrected chi connectivity index (χ1v) is 4.56. The van der Waals surface area contributed by atoms with Crippen LogP contribution in [-0.2, 0) is 4.79 Å². The predicted octanol–water partition coefficient (Wildman–Crippen LogP) is 0.680. The highest BCUT2D eigenvalue weighted by Gasteiger charge is 2.30. The lowest BCUT2D eigenvalue weighted by Gasteiger charge is -2.37. The van der Waals surface area contributed by atoms with Crippen molar-refractivity contribution in [2.75, 3.05) is 19.6 Å². The fourth-order valence-corrected chi connectivity index (χ4v) is 1.60. The third kappa shape index (κ3) is 2.45. The summed E-state index contributed by atoms with van der Waals surface area (Å²) in [5.41, 5.74) is 0. The molecule has 0 aliphatic carbocycles. The summed E-state index contributed by atoms with van der Waals surface area (Å²) in [5, 5.41) is 8.77. The number of carboxylic acid groups (broad SMARTS) is 1. The average Bonchev–Trinajstić information content (AvgIpc) is 2.15. The summed E-state index contributed by atoms with van der Waals surface area (Å²) in [6, 6.07) is -0.320. The highest BCUT2D eigenvalue weighted by atomic mass is 19.1. The van der Waals surface area contributed by atoms with Crippen LogP contribution in [0.2, 0.25) is 0 Å². The summed E-state index contributed by atoms with van der Waals surface area (Å²) in [4.78, 5) is 24.4. The van der Waals surface area contributed by atoms with Gasteiger partial charge in [-0.25, -0.2) is 9.18 Å². The standard InChI is InChI=1S/C9H13FN2O3/c1-6-5-11(8(13)7(2)10)3-4-12(6)9(14)15/h6H,2-5H2,1H3,(H,14,15). The van der Waals surface area contributed by atoms with Crippen molar-refractivity contribution in [3.8, 4) is 0 Å². The van der Waals surface area contributed by atoms with E-state index < -0.39 is 17.8 Å². The molecule has 0 spiro atoms. The molecule has 0 aromatic rings. The molecule has 1 N–H and O–H groups in total. The van der Waals surface area contributed by atoms with E-state index in [1.54, 1.807) is 6.92 Å². The van der Waals surface area contributed by atoms with Gasteiger partial charge in [-0.1, -0.05) is 6.58 Å². The van der Waals surface area contributed by atoms with Gasteiger partial charge in [0.2, 0.25) is 0 Å². The Balaban J connectivity index is 2.62. The Morgan fingerprint density at radius 3 is 2.47 bits per heavy atom. The van der Waals surface area contributed by atoms with Crippen molar-refractivity contribution in [1.29, 1.82) is 0 Å². The zero-order valence-electron chi connectivity index (χ0n) is 8.44. The lowest BCUT2D eigenvalue weighted by Crippen LogP contribution is -2.55. The molecule has 0 radical (unpaired) electrons. The zero-order valence-corrected chi connectivity index (χ0v) is 8.44. The summed E-state index contributed by atoms with van der Waals surface area (Å²) < 4.78 is 12.5. The molecule has 1 saturated heterocycles. The first-order valence-electron chi connectivity index (χ1n) is 4.56. The van der Waals surface area contributed by atoms with Crippen LogP contribution >= 0.6 is 0 Å². The van der Waals surface area contributed by atoms with Gasteiger partial charge in [0.15, 0.2) is 5.83 Å². The van der Waals surface area contributed by atoms with Crippen LogP contribution in [0.5, 0.6) is 0 Å². The van der Waals surface area contributed by atoms with Gasteiger partial charge in [-0.05, 0) is 6.92 Å². The molecular weight excluding hydrogens is 203 g/mol. The molecule has 1 unspecified atom stereocenters. The van der Waals surface area contributed by atoms with Gasteiger partial charge in [-0.15, -0.1) is 0 Å². The second-order valence-corrected chi connectivity index (χ2v) is 3.48. The number of amides is 2. The lowest BCUT2D eigenvalue weighted by molar-refractivity contribution is -0.131. The molecule has 5 nitrogen and oxygen atoms in total. The van der Waals surface area contributed by atoms with Crippen molar-refractivity contribution in [2.24, 2.45) is 0 Å². The fraction of sp³-hybridized carbons (Fsp3) is 0.556. The molecule has 1 rings (SSSR count). The molecule has 84 valence electrons. The summed E-state index contributed by atoms with van der Waals surface area (Å²) in [5.74, 6) is -1.77. The van der Waals surface area contributed by atoms with E-state index in [1.807, 2.05) is 0 Å². The van der Waals surface area contributed by atoms with Gasteiger partial charge in [-0.3, -0.25) is 4.79 Å². The Kier molecular flexibility index (Phi) is 3.28. The number of piperazine rings is 1. The molecule has 15 heavy (non-hydrogen) atoms. The summed E-state index contributed by atoms with van der Waals surface area (Å²) >= 11 is 0. The maximum absolute atomic E-state index is 12.5. The predicted molar refractivity (Wildman–Crippen MR) is 51.0 cm³/mol. The third-order valence-electron chi connectivity index (χ3n) is 2.39. The minimum Gasteiger partial charge on any atom is -0.465 e. The van der Waals surface area contributed by atoms with Gasteiger partial charge in [0.25, 0.3) is 5.91 Å². The summed E-state index contributed by atoms with van der Waals surface area (Å²) in [6.45, 7) is 5.21. The van der Waals surface area contributed by atoms with Gasteiger partial charge in [-0.2, -0.15) is 0 Å². The molecule has 0 bridgehead atoms. The largest absolute Gasteiger partial charge is 0.465 e. The Morgan fingerprint density at radius 1 is 1.47 bits per heavy atom. The maximum atomic E-state index is 12.5. The monoisotopic (exact) mass is 216 g/mol. The fourth-order valence-electron chi connectivity index (χ4n) is 1.60. The average molecular weight is 216 g/mol. The molecule has 1 heterocycles. The van der Waals surface area contributed by atoms with Gasteiger partial charge >= 0.3 is 6.09 Å². The number of carbonyl (C=O) groups excluding carboxylic acids is 1. The minimum atomic E-state index is -1.02. The van der Waals surface area contributed by atoms with E-state index in [1.165, 1.54) is 9.80 Å². The van der Waals surface area contributed by atoms with Gasteiger partial charge in [0.1, 0.15) is 0 Å². The number of rotatable bonds is 1. The number of halogens is 1. The smallest absolute Gasteiger partial charge is 0.407 e. The topological polar surface area (TPSA) is 60.9 Å². The Morgan fingerprint density at radius 2 is 2.07 bits per heavy atom. The van der Waals surface area contributed by atoms with Crippen molar-refractivity contribution in [1.82, 2.24) is 9.80 Å². The van der Waals surface area contributed by atoms with Crippen molar-refractivity contribution in [3.63, 3.8) is 0 Å². The van der Waals surface area contributed by atoms with Gasteiger partial charge in [0.05, 0.1) is 0 Å². The summed E-state index contributed by atoms with van der Waals surface area (Å²) in [6.07, 6.45) is -1.02. The van der Waals surface area contributed by atoms with Crippen LogP contribution in [0.25, 0.3) is 0 Å². The molecule has 0 saturated carbocycles. The van der Waals surface area contributed by atoms with Crippen LogP contribution in [0.15, 0.2) is 12.4 Å². The molecule has 1 aliphatic heterocycles. The lowest BCUT2D eigenvalue weighted by atomic mass is 10.2. The molecule has 1 atom stereocenters. The van der Waals surface area contributed by atoms with E-state index in [4.69, 9.17) is 5.11 Å². The van der Waals surface area contributed by atoms with E-state index >= 15 is 0 Å². The van der Waals surface area contributed by atoms with Crippen LogP contribution < -0.4 is 0 Å². The van der Waals surface area contributed by atoms with Crippen molar-refractivity contribution in [2.45, 2.75) is 13.0 Å². The van der Waals surface area contributed by atoms with Crippen LogP contribution in [0, 0.1) is 0 Å². The van der Waals surface area contributed by atoms with Crippen molar-refractivity contribution in [3.05, 3.63) is 12.4 Å². The quantitative estimate of drug-likeness (QED) is 0.656. The number of hydrogen-bond acceptors (Lipinski definition) is 2. The van der Waals surface area contributed by atoms with E-state index in [0.29, 0.717) is 0 Å². The molecule has 2 amide bonds. The molecule has 0 aromatic carbocycles. The highest BCUT2D eigenvalue weighted by Crippen LogP contribution is 2.12. The van der Waals surface area contributed by atoms with Crippen LogP contribution in [0.1, 0.15) is 6.92 Å². The normalized spacial score (nSPS) is 21.3. The SMILES string of the molecule is C=C(F)C(=O)N1CCN(C(=O)O)C(C)C1. The summed E-state index contributed by atoms with van der Waals surface area (Å²) in [7, 11) is 0. The molecule has 1 fully saturated rings. The maximum Gasteiger partial charge on any atom is 0.407 e. The first-order chi connectivity index (χ1) is 6.93. The van der Waals surface area contributed by atoms with E-state index in [9.17, 15) is 14.0 Å².